The molecule has 1 rings (SSSR count). The highest BCUT2D eigenvalue weighted by atomic mass is 16.4. The third-order valence-electron chi connectivity index (χ3n) is 2.72. The summed E-state index contributed by atoms with van der Waals surface area (Å²) >= 11 is 0. The number of rotatable bonds is 6. The van der Waals surface area contributed by atoms with Crippen molar-refractivity contribution in [3.8, 4) is 0 Å². The molecule has 0 aliphatic heterocycles. The van der Waals surface area contributed by atoms with E-state index in [1.807, 2.05) is 30.3 Å². The molecule has 1 aromatic carbocycles. The van der Waals surface area contributed by atoms with Crippen LogP contribution in [0.2, 0.25) is 0 Å². The zero-order chi connectivity index (χ0) is 14.4. The van der Waals surface area contributed by atoms with Gasteiger partial charge in [-0.3, -0.25) is 5.01 Å². The molecule has 0 bridgehead atoms. The minimum Gasteiger partial charge on any atom is -0.391 e. The first-order chi connectivity index (χ1) is 8.93. The molecular formula is C13H20N2O4. The average molecular weight is 268 g/mol. The Balaban J connectivity index is 2.61. The van der Waals surface area contributed by atoms with Crippen molar-refractivity contribution in [2.45, 2.75) is 31.3 Å². The van der Waals surface area contributed by atoms with Crippen LogP contribution in [-0.2, 0) is 0 Å². The van der Waals surface area contributed by atoms with Crippen LogP contribution in [0.5, 0.6) is 0 Å². The van der Waals surface area contributed by atoms with Gasteiger partial charge in [-0.15, -0.1) is 0 Å². The Morgan fingerprint density at radius 1 is 1.05 bits per heavy atom. The molecule has 0 saturated carbocycles. The summed E-state index contributed by atoms with van der Waals surface area (Å²) < 4.78 is 0. The van der Waals surface area contributed by atoms with Crippen molar-refractivity contribution in [3.63, 3.8) is 0 Å². The molecule has 0 aromatic heterocycles. The van der Waals surface area contributed by atoms with Crippen molar-refractivity contribution in [2.24, 2.45) is 5.10 Å². The number of aliphatic hydroxyl groups excluding tert-OH is 4. The Labute approximate surface area is 112 Å². The smallest absolute Gasteiger partial charge is 0.119 e. The Morgan fingerprint density at radius 2 is 1.63 bits per heavy atom. The number of nitrogens with zero attached hydrogens (tertiary/aromatic N) is 2. The summed E-state index contributed by atoms with van der Waals surface area (Å²) in [6, 6.07) is 9.25. The first-order valence-electron chi connectivity index (χ1n) is 5.98. The SMILES string of the molecule is C[C@H](O)[C@@H](O)[C@@H](O)[C@H](O)C=NN(C)c1ccccc1. The topological polar surface area (TPSA) is 96.5 Å². The van der Waals surface area contributed by atoms with Gasteiger partial charge < -0.3 is 20.4 Å². The molecule has 4 atom stereocenters. The maximum Gasteiger partial charge on any atom is 0.119 e. The Morgan fingerprint density at radius 3 is 2.16 bits per heavy atom. The molecule has 0 aliphatic carbocycles. The van der Waals surface area contributed by atoms with E-state index in [2.05, 4.69) is 5.10 Å². The number of hydrogen-bond donors (Lipinski definition) is 4. The van der Waals surface area contributed by atoms with E-state index in [0.29, 0.717) is 0 Å². The van der Waals surface area contributed by atoms with E-state index >= 15 is 0 Å². The van der Waals surface area contributed by atoms with Crippen LogP contribution in [0.1, 0.15) is 6.92 Å². The van der Waals surface area contributed by atoms with Crippen molar-refractivity contribution >= 4 is 11.9 Å². The molecule has 0 aliphatic rings. The Hall–Kier alpha value is -1.47. The summed E-state index contributed by atoms with van der Waals surface area (Å²) in [5.74, 6) is 0. The molecule has 6 heteroatoms. The summed E-state index contributed by atoms with van der Waals surface area (Å²) in [6.07, 6.45) is -4.31. The first kappa shape index (κ1) is 15.6. The van der Waals surface area contributed by atoms with E-state index in [4.69, 9.17) is 5.11 Å². The zero-order valence-electron chi connectivity index (χ0n) is 11.0. The van der Waals surface area contributed by atoms with Gasteiger partial charge in [0.15, 0.2) is 0 Å². The lowest BCUT2D eigenvalue weighted by molar-refractivity contribution is -0.0821. The minimum absolute atomic E-state index is 0.816. The molecule has 106 valence electrons. The van der Waals surface area contributed by atoms with E-state index in [1.54, 1.807) is 7.05 Å². The van der Waals surface area contributed by atoms with Crippen LogP contribution in [0.4, 0.5) is 5.69 Å². The standard InChI is InChI=1S/C13H20N2O4/c1-9(16)12(18)13(19)11(17)8-14-15(2)10-6-4-3-5-7-10/h3-9,11-13,16-19H,1-2H3/t9-,11+,12+,13-/m0/s1. The van der Waals surface area contributed by atoms with Crippen LogP contribution in [0.25, 0.3) is 0 Å². The van der Waals surface area contributed by atoms with Gasteiger partial charge in [-0.2, -0.15) is 5.10 Å². The molecule has 0 unspecified atom stereocenters. The summed E-state index contributed by atoms with van der Waals surface area (Å²) in [6.45, 7) is 1.33. The van der Waals surface area contributed by atoms with Gasteiger partial charge in [0.05, 0.1) is 18.0 Å². The van der Waals surface area contributed by atoms with Crippen molar-refractivity contribution in [3.05, 3.63) is 30.3 Å². The lowest BCUT2D eigenvalue weighted by Gasteiger charge is -2.23. The lowest BCUT2D eigenvalue weighted by atomic mass is 10.1. The Bertz CT molecular complexity index is 397. The molecule has 0 heterocycles. The van der Waals surface area contributed by atoms with Crippen molar-refractivity contribution < 1.29 is 20.4 Å². The van der Waals surface area contributed by atoms with Gasteiger partial charge in [0.2, 0.25) is 0 Å². The fourth-order valence-corrected chi connectivity index (χ4v) is 1.45. The highest BCUT2D eigenvalue weighted by Gasteiger charge is 2.27. The third kappa shape index (κ3) is 4.60. The maximum atomic E-state index is 9.64. The lowest BCUT2D eigenvalue weighted by Crippen LogP contribution is -2.44. The predicted octanol–water partition coefficient (Wildman–Crippen LogP) is -0.428. The molecule has 0 saturated heterocycles. The molecule has 1 aromatic rings. The average Bonchev–Trinajstić information content (AvgIpc) is 2.43. The van der Waals surface area contributed by atoms with Gasteiger partial charge in [-0.05, 0) is 19.1 Å². The summed E-state index contributed by atoms with van der Waals surface area (Å²) in [5.41, 5.74) is 0.816. The van der Waals surface area contributed by atoms with Crippen LogP contribution in [0.15, 0.2) is 35.4 Å². The summed E-state index contributed by atoms with van der Waals surface area (Å²) in [5, 5.41) is 43.2. The second kappa shape index (κ2) is 7.20. The number of anilines is 1. The second-order valence-corrected chi connectivity index (χ2v) is 4.34. The monoisotopic (exact) mass is 268 g/mol. The van der Waals surface area contributed by atoms with Gasteiger partial charge in [0, 0.05) is 7.05 Å². The quantitative estimate of drug-likeness (QED) is 0.415. The molecule has 0 spiro atoms. The normalized spacial score (nSPS) is 18.0. The number of hydrazone groups is 1. The Kier molecular flexibility index (Phi) is 5.91. The molecule has 4 N–H and O–H groups in total. The predicted molar refractivity (Wildman–Crippen MR) is 73.0 cm³/mol. The fraction of sp³-hybridized carbons (Fsp3) is 0.462. The number of benzene rings is 1. The van der Waals surface area contributed by atoms with Crippen molar-refractivity contribution in [2.75, 3.05) is 12.1 Å². The minimum atomic E-state index is -1.49. The van der Waals surface area contributed by atoms with E-state index in [0.717, 1.165) is 11.9 Å². The summed E-state index contributed by atoms with van der Waals surface area (Å²) in [4.78, 5) is 0. The van der Waals surface area contributed by atoms with Gasteiger partial charge in [-0.1, -0.05) is 18.2 Å². The maximum absolute atomic E-state index is 9.64. The molecule has 0 radical (unpaired) electrons. The van der Waals surface area contributed by atoms with Crippen molar-refractivity contribution in [1.82, 2.24) is 0 Å². The van der Waals surface area contributed by atoms with Crippen molar-refractivity contribution in [1.29, 1.82) is 0 Å². The molecular weight excluding hydrogens is 248 g/mol. The van der Waals surface area contributed by atoms with Gasteiger partial charge in [0.25, 0.3) is 0 Å². The molecule has 0 fully saturated rings. The highest BCUT2D eigenvalue weighted by Crippen LogP contribution is 2.11. The fourth-order valence-electron chi connectivity index (χ4n) is 1.45. The van der Waals surface area contributed by atoms with Crippen LogP contribution in [0.3, 0.4) is 0 Å². The number of para-hydroxylation sites is 1. The molecule has 0 amide bonds. The second-order valence-electron chi connectivity index (χ2n) is 4.34. The first-order valence-corrected chi connectivity index (χ1v) is 5.98. The van der Waals surface area contributed by atoms with E-state index in [9.17, 15) is 15.3 Å². The third-order valence-corrected chi connectivity index (χ3v) is 2.72. The highest BCUT2D eigenvalue weighted by molar-refractivity contribution is 5.65. The number of hydrogen-bond acceptors (Lipinski definition) is 6. The number of aliphatic hydroxyl groups is 4. The van der Waals surface area contributed by atoms with Gasteiger partial charge in [0.1, 0.15) is 18.3 Å². The van der Waals surface area contributed by atoms with E-state index in [1.165, 1.54) is 11.9 Å². The largest absolute Gasteiger partial charge is 0.391 e. The van der Waals surface area contributed by atoms with Crippen LogP contribution >= 0.6 is 0 Å². The van der Waals surface area contributed by atoms with Crippen LogP contribution in [-0.4, -0.2) is 58.1 Å². The van der Waals surface area contributed by atoms with E-state index in [-0.39, 0.29) is 0 Å². The molecule has 6 nitrogen and oxygen atoms in total. The van der Waals surface area contributed by atoms with Gasteiger partial charge >= 0.3 is 0 Å². The zero-order valence-corrected chi connectivity index (χ0v) is 11.0. The van der Waals surface area contributed by atoms with Crippen LogP contribution < -0.4 is 5.01 Å². The van der Waals surface area contributed by atoms with E-state index < -0.39 is 24.4 Å². The summed E-state index contributed by atoms with van der Waals surface area (Å²) in [7, 11) is 1.69. The van der Waals surface area contributed by atoms with Gasteiger partial charge in [-0.25, -0.2) is 0 Å². The molecule has 19 heavy (non-hydrogen) atoms. The van der Waals surface area contributed by atoms with Crippen LogP contribution in [0, 0.1) is 0 Å².